The van der Waals surface area contributed by atoms with Crippen molar-refractivity contribution in [2.45, 2.75) is 52.5 Å². The molecule has 22 heavy (non-hydrogen) atoms. The summed E-state index contributed by atoms with van der Waals surface area (Å²) in [7, 11) is 0. The lowest BCUT2D eigenvalue weighted by Crippen LogP contribution is -2.45. The zero-order valence-corrected chi connectivity index (χ0v) is 14.2. The van der Waals surface area contributed by atoms with Gasteiger partial charge in [-0.05, 0) is 25.2 Å². The summed E-state index contributed by atoms with van der Waals surface area (Å²) in [5, 5.41) is 5.75. The first kappa shape index (κ1) is 16.9. The van der Waals surface area contributed by atoms with Gasteiger partial charge < -0.3 is 10.1 Å². The average molecular weight is 324 g/mol. The summed E-state index contributed by atoms with van der Waals surface area (Å²) in [5.41, 5.74) is 0.697. The molecule has 1 aliphatic carbocycles. The SMILES string of the molecule is Cc1nc(CC(=O)OCC(=O)NC2CCCC(C)C2C)cs1. The number of nitrogens with zero attached hydrogens (tertiary/aromatic N) is 1. The summed E-state index contributed by atoms with van der Waals surface area (Å²) >= 11 is 1.50. The molecule has 5 nitrogen and oxygen atoms in total. The van der Waals surface area contributed by atoms with Crippen LogP contribution in [0.1, 0.15) is 43.8 Å². The molecular formula is C16H24N2O3S. The van der Waals surface area contributed by atoms with E-state index in [0.29, 0.717) is 17.5 Å². The van der Waals surface area contributed by atoms with E-state index >= 15 is 0 Å². The lowest BCUT2D eigenvalue weighted by Gasteiger charge is -2.34. The van der Waals surface area contributed by atoms with E-state index in [0.717, 1.165) is 17.8 Å². The molecule has 6 heteroatoms. The molecule has 1 aromatic heterocycles. The summed E-state index contributed by atoms with van der Waals surface area (Å²) in [6.07, 6.45) is 3.48. The van der Waals surface area contributed by atoms with Crippen molar-refractivity contribution >= 4 is 23.2 Å². The molecule has 1 fully saturated rings. The van der Waals surface area contributed by atoms with Gasteiger partial charge in [0.15, 0.2) is 6.61 Å². The van der Waals surface area contributed by atoms with Gasteiger partial charge in [0, 0.05) is 11.4 Å². The van der Waals surface area contributed by atoms with E-state index in [4.69, 9.17) is 4.74 Å². The van der Waals surface area contributed by atoms with Crippen LogP contribution in [0.2, 0.25) is 0 Å². The van der Waals surface area contributed by atoms with Crippen LogP contribution in [0.4, 0.5) is 0 Å². The zero-order valence-electron chi connectivity index (χ0n) is 13.4. The zero-order chi connectivity index (χ0) is 16.1. The van der Waals surface area contributed by atoms with E-state index in [1.54, 1.807) is 0 Å². The second-order valence-electron chi connectivity index (χ2n) is 6.14. The molecular weight excluding hydrogens is 300 g/mol. The Balaban J connectivity index is 1.72. The van der Waals surface area contributed by atoms with Gasteiger partial charge in [0.25, 0.3) is 5.91 Å². The maximum atomic E-state index is 11.9. The molecule has 2 rings (SSSR count). The molecule has 0 bridgehead atoms. The van der Waals surface area contributed by atoms with Gasteiger partial charge >= 0.3 is 5.97 Å². The highest BCUT2D eigenvalue weighted by Crippen LogP contribution is 2.29. The van der Waals surface area contributed by atoms with E-state index < -0.39 is 5.97 Å². The quantitative estimate of drug-likeness (QED) is 0.845. The molecule has 1 heterocycles. The van der Waals surface area contributed by atoms with Crippen molar-refractivity contribution in [3.8, 4) is 0 Å². The third kappa shape index (κ3) is 4.80. The number of amides is 1. The van der Waals surface area contributed by atoms with Crippen LogP contribution in [0.5, 0.6) is 0 Å². The third-order valence-electron chi connectivity index (χ3n) is 4.41. The highest BCUT2D eigenvalue weighted by atomic mass is 32.1. The molecule has 0 radical (unpaired) electrons. The van der Waals surface area contributed by atoms with Gasteiger partial charge in [0.1, 0.15) is 0 Å². The fourth-order valence-corrected chi connectivity index (χ4v) is 3.48. The van der Waals surface area contributed by atoms with Crippen LogP contribution in [0.15, 0.2) is 5.38 Å². The molecule has 3 atom stereocenters. The number of nitrogens with one attached hydrogen (secondary N) is 1. The standard InChI is InChI=1S/C16H24N2O3S/c1-10-5-4-6-14(11(10)2)18-15(19)8-21-16(20)7-13-9-22-12(3)17-13/h9-11,14H,4-8H2,1-3H3,(H,18,19). The Kier molecular flexibility index (Phi) is 5.94. The Morgan fingerprint density at radius 2 is 2.18 bits per heavy atom. The van der Waals surface area contributed by atoms with Crippen molar-refractivity contribution in [3.05, 3.63) is 16.1 Å². The summed E-state index contributed by atoms with van der Waals surface area (Å²) in [4.78, 5) is 27.8. The lowest BCUT2D eigenvalue weighted by atomic mass is 9.78. The molecule has 3 unspecified atom stereocenters. The number of aromatic nitrogens is 1. The second kappa shape index (κ2) is 7.72. The van der Waals surface area contributed by atoms with E-state index in [-0.39, 0.29) is 25.0 Å². The van der Waals surface area contributed by atoms with Gasteiger partial charge in [-0.25, -0.2) is 4.98 Å². The third-order valence-corrected chi connectivity index (χ3v) is 5.23. The van der Waals surface area contributed by atoms with Gasteiger partial charge in [-0.3, -0.25) is 9.59 Å². The smallest absolute Gasteiger partial charge is 0.312 e. The van der Waals surface area contributed by atoms with Crippen LogP contribution >= 0.6 is 11.3 Å². The average Bonchev–Trinajstić information content (AvgIpc) is 2.87. The number of thiazole rings is 1. The minimum atomic E-state index is -0.412. The van der Waals surface area contributed by atoms with E-state index in [2.05, 4.69) is 24.1 Å². The number of hydrogen-bond acceptors (Lipinski definition) is 5. The van der Waals surface area contributed by atoms with Crippen molar-refractivity contribution in [2.75, 3.05) is 6.61 Å². The Morgan fingerprint density at radius 1 is 1.41 bits per heavy atom. The Hall–Kier alpha value is -1.43. The number of aryl methyl sites for hydroxylation is 1. The van der Waals surface area contributed by atoms with Crippen LogP contribution in [0.3, 0.4) is 0 Å². The van der Waals surface area contributed by atoms with Gasteiger partial charge in [-0.15, -0.1) is 11.3 Å². The van der Waals surface area contributed by atoms with Crippen LogP contribution in [-0.2, 0) is 20.7 Å². The first-order chi connectivity index (χ1) is 10.5. The molecule has 1 aliphatic rings. The van der Waals surface area contributed by atoms with Gasteiger partial charge in [0.05, 0.1) is 17.1 Å². The molecule has 0 aromatic carbocycles. The molecule has 0 spiro atoms. The molecule has 0 saturated heterocycles. The summed E-state index contributed by atoms with van der Waals surface area (Å²) in [6, 6.07) is 0.191. The van der Waals surface area contributed by atoms with Crippen LogP contribution in [0, 0.1) is 18.8 Å². The van der Waals surface area contributed by atoms with E-state index in [9.17, 15) is 9.59 Å². The molecule has 0 aliphatic heterocycles. The molecule has 122 valence electrons. The molecule has 1 amide bonds. The number of hydrogen-bond donors (Lipinski definition) is 1. The summed E-state index contributed by atoms with van der Waals surface area (Å²) in [6.45, 7) is 6.07. The maximum absolute atomic E-state index is 11.9. The Morgan fingerprint density at radius 3 is 2.86 bits per heavy atom. The number of esters is 1. The predicted molar refractivity (Wildman–Crippen MR) is 85.6 cm³/mol. The largest absolute Gasteiger partial charge is 0.455 e. The lowest BCUT2D eigenvalue weighted by molar-refractivity contribution is -0.148. The van der Waals surface area contributed by atoms with Gasteiger partial charge in [0.2, 0.25) is 0 Å². The fourth-order valence-electron chi connectivity index (χ4n) is 2.87. The second-order valence-corrected chi connectivity index (χ2v) is 7.20. The summed E-state index contributed by atoms with van der Waals surface area (Å²) < 4.78 is 5.03. The van der Waals surface area contributed by atoms with Crippen molar-refractivity contribution in [1.82, 2.24) is 10.3 Å². The maximum Gasteiger partial charge on any atom is 0.312 e. The molecule has 1 saturated carbocycles. The molecule has 1 N–H and O–H groups in total. The van der Waals surface area contributed by atoms with Crippen LogP contribution in [0.25, 0.3) is 0 Å². The Bertz CT molecular complexity index is 529. The normalized spacial score (nSPS) is 24.8. The Labute approximate surface area is 135 Å². The first-order valence-corrected chi connectivity index (χ1v) is 8.69. The topological polar surface area (TPSA) is 68.3 Å². The van der Waals surface area contributed by atoms with Gasteiger partial charge in [-0.2, -0.15) is 0 Å². The molecule has 1 aromatic rings. The van der Waals surface area contributed by atoms with E-state index in [1.165, 1.54) is 17.8 Å². The van der Waals surface area contributed by atoms with Gasteiger partial charge in [-0.1, -0.05) is 26.7 Å². The highest BCUT2D eigenvalue weighted by molar-refractivity contribution is 7.09. The predicted octanol–water partition coefficient (Wildman–Crippen LogP) is 2.48. The number of carbonyl (C=O) groups excluding carboxylic acids is 2. The monoisotopic (exact) mass is 324 g/mol. The number of ether oxygens (including phenoxy) is 1. The number of rotatable bonds is 5. The summed E-state index contributed by atoms with van der Waals surface area (Å²) in [5.74, 6) is 0.458. The first-order valence-electron chi connectivity index (χ1n) is 7.81. The van der Waals surface area contributed by atoms with Crippen LogP contribution in [-0.4, -0.2) is 29.5 Å². The van der Waals surface area contributed by atoms with Crippen molar-refractivity contribution in [3.63, 3.8) is 0 Å². The minimum absolute atomic E-state index is 0.120. The minimum Gasteiger partial charge on any atom is -0.455 e. The number of carbonyl (C=O) groups is 2. The van der Waals surface area contributed by atoms with Crippen LogP contribution < -0.4 is 5.32 Å². The highest BCUT2D eigenvalue weighted by Gasteiger charge is 2.28. The van der Waals surface area contributed by atoms with Crippen molar-refractivity contribution < 1.29 is 14.3 Å². The fraction of sp³-hybridized carbons (Fsp3) is 0.688. The van der Waals surface area contributed by atoms with Crippen molar-refractivity contribution in [2.24, 2.45) is 11.8 Å². The van der Waals surface area contributed by atoms with Crippen molar-refractivity contribution in [1.29, 1.82) is 0 Å². The van der Waals surface area contributed by atoms with E-state index in [1.807, 2.05) is 12.3 Å².